The molecule has 0 radical (unpaired) electrons. The van der Waals surface area contributed by atoms with Crippen LogP contribution in [0.4, 0.5) is 0 Å². The third kappa shape index (κ3) is 23.2. The number of amides is 1. The molecule has 0 aromatic heterocycles. The average molecular weight is 372 g/mol. The van der Waals surface area contributed by atoms with Gasteiger partial charge in [-0.2, -0.15) is 0 Å². The van der Waals surface area contributed by atoms with Crippen molar-refractivity contribution in [2.45, 2.75) is 107 Å². The third-order valence-electron chi connectivity index (χ3n) is 3.81. The summed E-state index contributed by atoms with van der Waals surface area (Å²) in [6, 6.07) is 0. The normalized spacial score (nSPS) is 12.1. The summed E-state index contributed by atoms with van der Waals surface area (Å²) >= 11 is 0. The minimum atomic E-state index is 0.158. The molecule has 3 nitrogen and oxygen atoms in total. The van der Waals surface area contributed by atoms with E-state index in [4.69, 9.17) is 4.74 Å². The lowest BCUT2D eigenvalue weighted by Crippen LogP contribution is -2.27. The largest absolute Gasteiger partial charge is 0.378 e. The third-order valence-corrected chi connectivity index (χ3v) is 3.81. The number of nitrogens with one attached hydrogen (secondary N) is 1. The molecule has 0 rings (SSSR count). The minimum Gasteiger partial charge on any atom is -0.378 e. The Morgan fingerprint density at radius 1 is 1.08 bits per heavy atom. The number of carbonyl (C=O) groups excluding carboxylic acids is 1. The van der Waals surface area contributed by atoms with E-state index in [1.807, 2.05) is 34.6 Å². The van der Waals surface area contributed by atoms with Gasteiger partial charge in [0.1, 0.15) is 0 Å². The van der Waals surface area contributed by atoms with Crippen molar-refractivity contribution >= 4 is 5.91 Å². The van der Waals surface area contributed by atoms with Crippen LogP contribution in [0.3, 0.4) is 0 Å². The van der Waals surface area contributed by atoms with Gasteiger partial charge in [-0.15, -0.1) is 0 Å². The van der Waals surface area contributed by atoms with E-state index in [0.717, 1.165) is 32.3 Å². The Morgan fingerprint density at radius 3 is 2.15 bits per heavy atom. The highest BCUT2D eigenvalue weighted by molar-refractivity contribution is 5.75. The van der Waals surface area contributed by atoms with Gasteiger partial charge in [0, 0.05) is 19.6 Å². The molecule has 0 heterocycles. The molecule has 0 spiro atoms. The maximum absolute atomic E-state index is 11.8. The van der Waals surface area contributed by atoms with Crippen molar-refractivity contribution in [3.05, 3.63) is 12.2 Å². The van der Waals surface area contributed by atoms with Gasteiger partial charge in [-0.1, -0.05) is 67.5 Å². The summed E-state index contributed by atoms with van der Waals surface area (Å²) in [5.41, 5.74) is 0.188. The standard InChI is InChI=1S/C19H37NO2.2C2H6/c1-7-12-19(5,6)13-8-9-18(21)20-14-10-17(4)22-15-11-16(2)3;2*1-2/h7,12,16-17H,8-11,13-15H2,1-6H3,(H,20,21);2*1-2H3/b12-7-;;. The Labute approximate surface area is 165 Å². The fraction of sp³-hybridized carbons (Fsp3) is 0.870. The molecule has 0 aromatic rings. The van der Waals surface area contributed by atoms with Crippen LogP contribution < -0.4 is 5.32 Å². The van der Waals surface area contributed by atoms with Gasteiger partial charge in [-0.25, -0.2) is 0 Å². The number of carbonyl (C=O) groups is 1. The summed E-state index contributed by atoms with van der Waals surface area (Å²) in [4.78, 5) is 11.8. The van der Waals surface area contributed by atoms with Crippen LogP contribution >= 0.6 is 0 Å². The molecule has 1 atom stereocenters. The fourth-order valence-corrected chi connectivity index (χ4v) is 2.33. The van der Waals surface area contributed by atoms with E-state index in [2.05, 4.69) is 52.1 Å². The second-order valence-electron chi connectivity index (χ2n) is 7.34. The molecular weight excluding hydrogens is 322 g/mol. The Morgan fingerprint density at radius 2 is 1.65 bits per heavy atom. The number of allylic oxidation sites excluding steroid dienone is 2. The van der Waals surface area contributed by atoms with Crippen LogP contribution in [0.1, 0.15) is 101 Å². The highest BCUT2D eigenvalue weighted by Gasteiger charge is 2.13. The summed E-state index contributed by atoms with van der Waals surface area (Å²) in [5.74, 6) is 0.837. The number of hydrogen-bond donors (Lipinski definition) is 1. The van der Waals surface area contributed by atoms with E-state index in [1.165, 1.54) is 0 Å². The zero-order valence-electron chi connectivity index (χ0n) is 19.6. The van der Waals surface area contributed by atoms with Crippen molar-refractivity contribution < 1.29 is 9.53 Å². The molecule has 0 saturated heterocycles. The van der Waals surface area contributed by atoms with Crippen LogP contribution in [0.2, 0.25) is 0 Å². The number of hydrogen-bond acceptors (Lipinski definition) is 2. The molecule has 1 N–H and O–H groups in total. The van der Waals surface area contributed by atoms with Crippen LogP contribution in [0.15, 0.2) is 12.2 Å². The summed E-state index contributed by atoms with van der Waals surface area (Å²) in [6.45, 7) is 22.5. The Hall–Kier alpha value is -0.830. The zero-order chi connectivity index (χ0) is 21.0. The van der Waals surface area contributed by atoms with E-state index in [-0.39, 0.29) is 17.4 Å². The Kier molecular flexibility index (Phi) is 23.6. The maximum atomic E-state index is 11.8. The Bertz CT molecular complexity index is 322. The van der Waals surface area contributed by atoms with Crippen molar-refractivity contribution in [1.82, 2.24) is 5.32 Å². The topological polar surface area (TPSA) is 38.3 Å². The summed E-state index contributed by atoms with van der Waals surface area (Å²) in [6.07, 6.45) is 9.08. The molecule has 0 aliphatic rings. The van der Waals surface area contributed by atoms with E-state index in [9.17, 15) is 4.79 Å². The molecule has 0 aliphatic heterocycles. The fourth-order valence-electron chi connectivity index (χ4n) is 2.33. The molecule has 158 valence electrons. The van der Waals surface area contributed by atoms with Gasteiger partial charge < -0.3 is 10.1 Å². The van der Waals surface area contributed by atoms with Gasteiger partial charge in [0.15, 0.2) is 0 Å². The van der Waals surface area contributed by atoms with Crippen LogP contribution in [-0.4, -0.2) is 25.2 Å². The van der Waals surface area contributed by atoms with E-state index < -0.39 is 0 Å². The summed E-state index contributed by atoms with van der Waals surface area (Å²) in [5, 5.41) is 2.99. The first-order chi connectivity index (χ1) is 12.3. The molecule has 26 heavy (non-hydrogen) atoms. The predicted molar refractivity (Wildman–Crippen MR) is 118 cm³/mol. The van der Waals surface area contributed by atoms with Gasteiger partial charge >= 0.3 is 0 Å². The van der Waals surface area contributed by atoms with Crippen LogP contribution in [0.5, 0.6) is 0 Å². The van der Waals surface area contributed by atoms with Gasteiger partial charge in [-0.05, 0) is 50.9 Å². The predicted octanol–water partition coefficient (Wildman–Crippen LogP) is 6.77. The van der Waals surface area contributed by atoms with E-state index in [1.54, 1.807) is 0 Å². The first-order valence-electron chi connectivity index (χ1n) is 10.8. The lowest BCUT2D eigenvalue weighted by Gasteiger charge is -2.19. The number of ether oxygens (including phenoxy) is 1. The first-order valence-corrected chi connectivity index (χ1v) is 10.8. The Balaban J connectivity index is -0.00000123. The zero-order valence-corrected chi connectivity index (χ0v) is 19.6. The lowest BCUT2D eigenvalue weighted by molar-refractivity contribution is -0.121. The van der Waals surface area contributed by atoms with Gasteiger partial charge in [-0.3, -0.25) is 4.79 Å². The lowest BCUT2D eigenvalue weighted by atomic mass is 9.87. The highest BCUT2D eigenvalue weighted by atomic mass is 16.5. The van der Waals surface area contributed by atoms with Crippen molar-refractivity contribution in [2.75, 3.05) is 13.2 Å². The second kappa shape index (κ2) is 20.5. The minimum absolute atomic E-state index is 0.158. The molecule has 0 saturated carbocycles. The number of rotatable bonds is 12. The molecule has 1 amide bonds. The van der Waals surface area contributed by atoms with Crippen molar-refractivity contribution in [3.63, 3.8) is 0 Å². The van der Waals surface area contributed by atoms with Gasteiger partial charge in [0.25, 0.3) is 0 Å². The molecule has 1 unspecified atom stereocenters. The summed E-state index contributed by atoms with van der Waals surface area (Å²) < 4.78 is 5.73. The van der Waals surface area contributed by atoms with Crippen molar-refractivity contribution in [1.29, 1.82) is 0 Å². The molecule has 0 aromatic carbocycles. The van der Waals surface area contributed by atoms with Crippen LogP contribution in [-0.2, 0) is 9.53 Å². The quantitative estimate of drug-likeness (QED) is 0.384. The maximum Gasteiger partial charge on any atom is 0.219 e. The van der Waals surface area contributed by atoms with Crippen LogP contribution in [0, 0.1) is 11.3 Å². The van der Waals surface area contributed by atoms with Crippen LogP contribution in [0.25, 0.3) is 0 Å². The molecular formula is C23H49NO2. The van der Waals surface area contributed by atoms with E-state index in [0.29, 0.717) is 18.9 Å². The highest BCUT2D eigenvalue weighted by Crippen LogP contribution is 2.24. The molecule has 0 fully saturated rings. The monoisotopic (exact) mass is 371 g/mol. The molecule has 3 heteroatoms. The SMILES string of the molecule is C/C=C\C(C)(C)CCCC(=O)NCCC(C)OCCC(C)C.CC.CC. The smallest absolute Gasteiger partial charge is 0.219 e. The second-order valence-corrected chi connectivity index (χ2v) is 7.34. The summed E-state index contributed by atoms with van der Waals surface area (Å²) in [7, 11) is 0. The van der Waals surface area contributed by atoms with Gasteiger partial charge in [0.2, 0.25) is 5.91 Å². The van der Waals surface area contributed by atoms with Crippen molar-refractivity contribution in [2.24, 2.45) is 11.3 Å². The molecule has 0 bridgehead atoms. The average Bonchev–Trinajstić information content (AvgIpc) is 2.58. The van der Waals surface area contributed by atoms with Crippen molar-refractivity contribution in [3.8, 4) is 0 Å². The van der Waals surface area contributed by atoms with E-state index >= 15 is 0 Å². The van der Waals surface area contributed by atoms with Gasteiger partial charge in [0.05, 0.1) is 6.10 Å². The first kappa shape index (κ1) is 29.9. The molecule has 0 aliphatic carbocycles.